The third-order valence-corrected chi connectivity index (χ3v) is 16.4. The number of ether oxygens (including phenoxy) is 7. The number of carboxylic acid groups (broad SMARTS) is 1. The van der Waals surface area contributed by atoms with Crippen molar-refractivity contribution in [3.05, 3.63) is 225 Å². The maximum absolute atomic E-state index is 13.9. The molecule has 1 unspecified atom stereocenters. The Bertz CT molecular complexity index is 4090. The molecule has 0 bridgehead atoms. The van der Waals surface area contributed by atoms with Crippen molar-refractivity contribution >= 4 is 54.7 Å². The van der Waals surface area contributed by atoms with Gasteiger partial charge in [0.15, 0.2) is 10.5 Å². The van der Waals surface area contributed by atoms with Crippen LogP contribution >= 0.6 is 27.5 Å². The highest BCUT2D eigenvalue weighted by Gasteiger charge is 2.40. The number of fused-ring (bicyclic) bond motifs is 1. The third kappa shape index (κ3) is 13.1. The zero-order valence-corrected chi connectivity index (χ0v) is 50.1. The second-order valence-corrected chi connectivity index (χ2v) is 22.3. The van der Waals surface area contributed by atoms with Gasteiger partial charge in [-0.05, 0) is 136 Å². The van der Waals surface area contributed by atoms with Crippen molar-refractivity contribution < 1.29 is 65.2 Å². The van der Waals surface area contributed by atoms with Crippen LogP contribution in [-0.4, -0.2) is 91.3 Å². The van der Waals surface area contributed by atoms with Crippen LogP contribution in [0, 0.1) is 13.8 Å². The molecule has 3 heterocycles. The fraction of sp³-hybridized carbons (Fsp3) is 0.185. The summed E-state index contributed by atoms with van der Waals surface area (Å²) in [7, 11) is 0.389. The average molecular weight is 1260 g/mol. The van der Waals surface area contributed by atoms with E-state index in [9.17, 15) is 23.4 Å². The maximum atomic E-state index is 13.9. The molecule has 0 saturated heterocycles. The first-order valence-electron chi connectivity index (χ1n) is 26.7. The lowest BCUT2D eigenvalue weighted by atomic mass is 9.80. The Kier molecular flexibility index (Phi) is 18.5. The van der Waals surface area contributed by atoms with Crippen molar-refractivity contribution in [3.8, 4) is 62.9 Å². The Labute approximate surface area is 509 Å². The molecule has 10 rings (SSSR count). The molecule has 0 aliphatic carbocycles. The highest BCUT2D eigenvalue weighted by molar-refractivity contribution is 9.10. The number of aryl methyl sites for hydroxylation is 1. The molecular weight excluding hydrogens is 1210 g/mol. The number of aliphatic carboxylic acids is 1. The van der Waals surface area contributed by atoms with Crippen molar-refractivity contribution in [2.45, 2.75) is 49.6 Å². The van der Waals surface area contributed by atoms with Crippen molar-refractivity contribution in [1.82, 2.24) is 19.9 Å². The monoisotopic (exact) mass is 1260 g/mol. The van der Waals surface area contributed by atoms with Crippen LogP contribution in [0.1, 0.15) is 39.1 Å². The number of nitrogens with zero attached hydrogens (tertiary/aromatic N) is 4. The first-order valence-corrected chi connectivity index (χ1v) is 29.3. The molecule has 0 aliphatic rings. The number of aromatic nitrogens is 4. The van der Waals surface area contributed by atoms with Crippen LogP contribution in [0.5, 0.6) is 40.4 Å². The van der Waals surface area contributed by atoms with E-state index >= 15 is 0 Å². The summed E-state index contributed by atoms with van der Waals surface area (Å²) in [6.45, 7) is 2.77. The topological polar surface area (TPSA) is 230 Å². The molecule has 10 aromatic rings. The number of benzene rings is 7. The number of methoxy groups -OCH3 is 3. The van der Waals surface area contributed by atoms with E-state index in [2.05, 4.69) is 35.9 Å². The molecule has 0 saturated carbocycles. The fourth-order valence-corrected chi connectivity index (χ4v) is 11.4. The van der Waals surface area contributed by atoms with E-state index in [-0.39, 0.29) is 68.5 Å². The minimum atomic E-state index is -4.33. The SMILES string of the molecule is COc1ccc(C(OC[C@H](COS(=O)(=O)c2ccc(C)cc2)Oc2ccc(-c3c(Br)oc4ncnc(OC(Cc5cc(O)ccc5OCc5ccnc(-c6ccccc6OC)n5)C(=O)O)c34)c(C)c2Cl)(c2ccccc2)c2ccc(OC)cc2)cc1. The van der Waals surface area contributed by atoms with Crippen LogP contribution in [0.2, 0.25) is 5.02 Å². The second kappa shape index (κ2) is 26.5. The third-order valence-electron chi connectivity index (χ3n) is 14.1. The van der Waals surface area contributed by atoms with Crippen molar-refractivity contribution in [2.75, 3.05) is 34.5 Å². The molecule has 18 nitrogen and oxygen atoms in total. The number of phenolic OH excluding ortho intramolecular Hbond substituents is 1. The molecule has 0 aliphatic heterocycles. The van der Waals surface area contributed by atoms with Crippen LogP contribution < -0.4 is 28.4 Å². The van der Waals surface area contributed by atoms with Crippen LogP contribution in [0.15, 0.2) is 190 Å². The summed E-state index contributed by atoms with van der Waals surface area (Å²) < 4.78 is 82.8. The molecule has 0 spiro atoms. The smallest absolute Gasteiger partial charge is 0.345 e. The summed E-state index contributed by atoms with van der Waals surface area (Å²) in [5.41, 5.74) is 4.57. The number of rotatable bonds is 25. The Morgan fingerprint density at radius 2 is 1.37 bits per heavy atom. The zero-order valence-electron chi connectivity index (χ0n) is 47.0. The van der Waals surface area contributed by atoms with Gasteiger partial charge in [-0.25, -0.2) is 24.7 Å². The predicted octanol–water partition coefficient (Wildman–Crippen LogP) is 12.9. The number of carboxylic acids is 1. The van der Waals surface area contributed by atoms with Gasteiger partial charge in [-0.3, -0.25) is 4.18 Å². The van der Waals surface area contributed by atoms with Gasteiger partial charge in [-0.1, -0.05) is 102 Å². The predicted molar refractivity (Wildman–Crippen MR) is 324 cm³/mol. The number of hydrogen-bond acceptors (Lipinski definition) is 17. The number of para-hydroxylation sites is 1. The fourth-order valence-electron chi connectivity index (χ4n) is 9.73. The molecule has 3 aromatic heterocycles. The van der Waals surface area contributed by atoms with Gasteiger partial charge in [0.25, 0.3) is 10.1 Å². The lowest BCUT2D eigenvalue weighted by Gasteiger charge is -2.37. The van der Waals surface area contributed by atoms with E-state index in [4.69, 9.17) is 53.4 Å². The molecule has 440 valence electrons. The number of hydrogen-bond donors (Lipinski definition) is 2. The first-order chi connectivity index (χ1) is 41.6. The molecular formula is C65H56BrClN4O14S. The Morgan fingerprint density at radius 1 is 0.709 bits per heavy atom. The molecule has 21 heteroatoms. The quantitative estimate of drug-likeness (QED) is 0.0400. The van der Waals surface area contributed by atoms with Gasteiger partial charge in [0.1, 0.15) is 71.1 Å². The second-order valence-electron chi connectivity index (χ2n) is 19.6. The van der Waals surface area contributed by atoms with Crippen LogP contribution in [0.3, 0.4) is 0 Å². The summed E-state index contributed by atoms with van der Waals surface area (Å²) in [6, 6.07) is 47.4. The van der Waals surface area contributed by atoms with Crippen molar-refractivity contribution in [2.24, 2.45) is 0 Å². The minimum Gasteiger partial charge on any atom is -0.508 e. The number of carbonyl (C=O) groups is 1. The molecule has 2 N–H and O–H groups in total. The van der Waals surface area contributed by atoms with E-state index in [0.29, 0.717) is 67.7 Å². The molecule has 0 amide bonds. The number of aromatic hydroxyl groups is 1. The molecule has 86 heavy (non-hydrogen) atoms. The summed E-state index contributed by atoms with van der Waals surface area (Å²) in [4.78, 5) is 30.9. The number of halogens is 2. The summed E-state index contributed by atoms with van der Waals surface area (Å²) >= 11 is 10.9. The lowest BCUT2D eigenvalue weighted by molar-refractivity contribution is -0.145. The van der Waals surface area contributed by atoms with E-state index in [1.807, 2.05) is 104 Å². The summed E-state index contributed by atoms with van der Waals surface area (Å²) in [5.74, 6) is 1.02. The lowest BCUT2D eigenvalue weighted by Crippen LogP contribution is -2.39. The Hall–Kier alpha value is -9.05. The van der Waals surface area contributed by atoms with Gasteiger partial charge < -0.3 is 47.8 Å². The molecule has 0 fully saturated rings. The van der Waals surface area contributed by atoms with Crippen molar-refractivity contribution in [1.29, 1.82) is 0 Å². The minimum absolute atomic E-state index is 0.0337. The molecule has 7 aromatic carbocycles. The van der Waals surface area contributed by atoms with Crippen LogP contribution in [0.25, 0.3) is 33.6 Å². The Morgan fingerprint density at radius 3 is 2.05 bits per heavy atom. The molecule has 2 atom stereocenters. The standard InChI is InChI=1S/C65H56BrClN4O14S/c1-39-15-26-50(27-16-39)86(75,76)82-37-49(36-81-65(42-11-7-6-8-12-42,43-17-22-47(77-3)23-18-43)44-19-24-48(78-4)25-20-44)83-55-30-28-51(40(2)59(55)67)57-58-62(69-38-70-63(58)85-60(57)66)84-56(64(73)74)34-41-33-46(72)21-29-53(41)80-35-45-31-32-68-61(71-45)52-13-9-10-14-54(52)79-5/h6-33,38,49,56,72H,34-37H2,1-5H3,(H,73,74)/t49-,56?/m1/s1. The zero-order chi connectivity index (χ0) is 60.5. The molecule has 0 radical (unpaired) electrons. The van der Waals surface area contributed by atoms with E-state index in [1.165, 1.54) is 36.7 Å². The summed E-state index contributed by atoms with van der Waals surface area (Å²) in [6.07, 6.45) is -0.263. The van der Waals surface area contributed by atoms with Crippen LogP contribution in [0.4, 0.5) is 0 Å². The normalized spacial score (nSPS) is 12.3. The summed E-state index contributed by atoms with van der Waals surface area (Å²) in [5, 5.41) is 21.7. The largest absolute Gasteiger partial charge is 0.508 e. The van der Waals surface area contributed by atoms with Gasteiger partial charge in [0, 0.05) is 18.2 Å². The van der Waals surface area contributed by atoms with Gasteiger partial charge >= 0.3 is 5.97 Å². The van der Waals surface area contributed by atoms with E-state index < -0.39 is 40.5 Å². The highest BCUT2D eigenvalue weighted by Crippen LogP contribution is 2.47. The van der Waals surface area contributed by atoms with Crippen LogP contribution in [-0.2, 0) is 42.5 Å². The Balaban J connectivity index is 0.961. The van der Waals surface area contributed by atoms with Gasteiger partial charge in [0.05, 0.1) is 54.7 Å². The van der Waals surface area contributed by atoms with Crippen molar-refractivity contribution in [3.63, 3.8) is 0 Å². The number of furan rings is 1. The number of phenols is 1. The first kappa shape index (κ1) is 60.1. The van der Waals surface area contributed by atoms with Gasteiger partial charge in [0.2, 0.25) is 17.7 Å². The van der Waals surface area contributed by atoms with E-state index in [0.717, 1.165) is 11.1 Å². The highest BCUT2D eigenvalue weighted by atomic mass is 79.9. The average Bonchev–Trinajstić information content (AvgIpc) is 1.49. The van der Waals surface area contributed by atoms with Gasteiger partial charge in [-0.2, -0.15) is 8.42 Å². The van der Waals surface area contributed by atoms with Gasteiger partial charge in [-0.15, -0.1) is 0 Å². The maximum Gasteiger partial charge on any atom is 0.345 e. The van der Waals surface area contributed by atoms with E-state index in [1.54, 1.807) is 70.8 Å².